The minimum Gasteiger partial charge on any atom is -0.388 e. The van der Waals surface area contributed by atoms with Gasteiger partial charge in [-0.1, -0.05) is 54.6 Å². The molecule has 4 rings (SSSR count). The third kappa shape index (κ3) is 4.23. The molecule has 4 nitrogen and oxygen atoms in total. The molecule has 1 atom stereocenters. The predicted octanol–water partition coefficient (Wildman–Crippen LogP) is 3.02. The molecular formula is C23H28N2O2. The van der Waals surface area contributed by atoms with Gasteiger partial charge in [0.25, 0.3) is 0 Å². The van der Waals surface area contributed by atoms with E-state index in [4.69, 9.17) is 0 Å². The molecular weight excluding hydrogens is 336 g/mol. The number of aliphatic hydroxyl groups is 1. The van der Waals surface area contributed by atoms with E-state index >= 15 is 0 Å². The van der Waals surface area contributed by atoms with Crippen molar-refractivity contribution < 1.29 is 9.90 Å². The molecule has 0 aromatic heterocycles. The van der Waals surface area contributed by atoms with E-state index in [1.165, 1.54) is 11.1 Å². The van der Waals surface area contributed by atoms with Gasteiger partial charge in [0.1, 0.15) is 0 Å². The van der Waals surface area contributed by atoms with Crippen LogP contribution in [0.3, 0.4) is 0 Å². The van der Waals surface area contributed by atoms with Gasteiger partial charge in [0, 0.05) is 13.1 Å². The minimum absolute atomic E-state index is 0.228. The summed E-state index contributed by atoms with van der Waals surface area (Å²) in [5.74, 6) is 0.507. The Morgan fingerprint density at radius 3 is 2.37 bits per heavy atom. The normalized spacial score (nSPS) is 19.5. The largest absolute Gasteiger partial charge is 0.388 e. The standard InChI is InChI=1S/C23H28N2O2/c26-22(25-15-12-18-6-4-5-9-21(18)16-25)17-24-13-10-20(11-14-24)23(27)19-7-2-1-3-8-19/h1-9,20,23,27H,10-17H2. The number of carbonyl (C=O) groups is 1. The molecule has 0 saturated carbocycles. The third-order valence-electron chi connectivity index (χ3n) is 6.06. The van der Waals surface area contributed by atoms with E-state index in [9.17, 15) is 9.90 Å². The number of aliphatic hydroxyl groups excluding tert-OH is 1. The van der Waals surface area contributed by atoms with Crippen LogP contribution in [0.5, 0.6) is 0 Å². The SMILES string of the molecule is O=C(CN1CCC(C(O)c2ccccc2)CC1)N1CCc2ccccc2C1. The first-order chi connectivity index (χ1) is 13.2. The average molecular weight is 364 g/mol. The maximum absolute atomic E-state index is 12.7. The van der Waals surface area contributed by atoms with E-state index in [1.54, 1.807) is 0 Å². The monoisotopic (exact) mass is 364 g/mol. The summed E-state index contributed by atoms with van der Waals surface area (Å²) in [5, 5.41) is 10.6. The van der Waals surface area contributed by atoms with E-state index in [1.807, 2.05) is 35.2 Å². The first-order valence-electron chi connectivity index (χ1n) is 10.0. The fraction of sp³-hybridized carbons (Fsp3) is 0.435. The fourth-order valence-electron chi connectivity index (χ4n) is 4.35. The van der Waals surface area contributed by atoms with Crippen LogP contribution >= 0.6 is 0 Å². The summed E-state index contributed by atoms with van der Waals surface area (Å²) in [5.41, 5.74) is 3.65. The molecule has 2 aliphatic rings. The van der Waals surface area contributed by atoms with Gasteiger partial charge in [0.15, 0.2) is 0 Å². The predicted molar refractivity (Wildman–Crippen MR) is 106 cm³/mol. The molecule has 0 spiro atoms. The molecule has 2 aromatic carbocycles. The summed E-state index contributed by atoms with van der Waals surface area (Å²) >= 11 is 0. The van der Waals surface area contributed by atoms with Gasteiger partial charge in [0.05, 0.1) is 12.6 Å². The molecule has 0 radical (unpaired) electrons. The van der Waals surface area contributed by atoms with E-state index in [0.29, 0.717) is 6.54 Å². The minimum atomic E-state index is -0.400. The Balaban J connectivity index is 1.28. The summed E-state index contributed by atoms with van der Waals surface area (Å²) in [4.78, 5) is 17.0. The van der Waals surface area contributed by atoms with Crippen molar-refractivity contribution in [3.05, 3.63) is 71.3 Å². The van der Waals surface area contributed by atoms with Crippen LogP contribution in [0.2, 0.25) is 0 Å². The second-order valence-corrected chi connectivity index (χ2v) is 7.80. The molecule has 1 fully saturated rings. The highest BCUT2D eigenvalue weighted by Crippen LogP contribution is 2.30. The van der Waals surface area contributed by atoms with Gasteiger partial charge >= 0.3 is 0 Å². The Kier molecular flexibility index (Phi) is 5.55. The van der Waals surface area contributed by atoms with Crippen LogP contribution in [0.25, 0.3) is 0 Å². The Morgan fingerprint density at radius 1 is 0.963 bits per heavy atom. The molecule has 2 aromatic rings. The van der Waals surface area contributed by atoms with Crippen LogP contribution in [0.1, 0.15) is 35.6 Å². The van der Waals surface area contributed by atoms with E-state index in [-0.39, 0.29) is 11.8 Å². The zero-order chi connectivity index (χ0) is 18.6. The van der Waals surface area contributed by atoms with Crippen LogP contribution in [0.15, 0.2) is 54.6 Å². The molecule has 2 heterocycles. The molecule has 4 heteroatoms. The smallest absolute Gasteiger partial charge is 0.237 e. The van der Waals surface area contributed by atoms with Gasteiger partial charge in [-0.3, -0.25) is 9.69 Å². The molecule has 1 amide bonds. The van der Waals surface area contributed by atoms with E-state index in [2.05, 4.69) is 29.2 Å². The average Bonchev–Trinajstić information content (AvgIpc) is 2.74. The highest BCUT2D eigenvalue weighted by molar-refractivity contribution is 5.78. The highest BCUT2D eigenvalue weighted by atomic mass is 16.3. The summed E-state index contributed by atoms with van der Waals surface area (Å²) in [6, 6.07) is 18.3. The Hall–Kier alpha value is -2.17. The van der Waals surface area contributed by atoms with Crippen molar-refractivity contribution in [2.24, 2.45) is 5.92 Å². The number of hydrogen-bond donors (Lipinski definition) is 1. The fourth-order valence-corrected chi connectivity index (χ4v) is 4.35. The van der Waals surface area contributed by atoms with Gasteiger partial charge in [-0.15, -0.1) is 0 Å². The summed E-state index contributed by atoms with van der Waals surface area (Å²) in [6.07, 6.45) is 2.42. The number of carbonyl (C=O) groups excluding carboxylic acids is 1. The molecule has 0 bridgehead atoms. The summed E-state index contributed by atoms with van der Waals surface area (Å²) < 4.78 is 0. The van der Waals surface area contributed by atoms with Crippen molar-refractivity contribution in [2.75, 3.05) is 26.2 Å². The van der Waals surface area contributed by atoms with Gasteiger partial charge in [0.2, 0.25) is 5.91 Å². The summed E-state index contributed by atoms with van der Waals surface area (Å²) in [7, 11) is 0. The molecule has 1 saturated heterocycles. The molecule has 2 aliphatic heterocycles. The topological polar surface area (TPSA) is 43.8 Å². The number of rotatable bonds is 4. The Morgan fingerprint density at radius 2 is 1.63 bits per heavy atom. The Labute approximate surface area is 161 Å². The lowest BCUT2D eigenvalue weighted by molar-refractivity contribution is -0.133. The second kappa shape index (κ2) is 8.24. The quantitative estimate of drug-likeness (QED) is 0.907. The molecule has 0 aliphatic carbocycles. The molecule has 27 heavy (non-hydrogen) atoms. The van der Waals surface area contributed by atoms with Crippen molar-refractivity contribution in [2.45, 2.75) is 31.9 Å². The number of piperidine rings is 1. The number of benzene rings is 2. The molecule has 142 valence electrons. The van der Waals surface area contributed by atoms with E-state index in [0.717, 1.165) is 51.0 Å². The van der Waals surface area contributed by atoms with Gasteiger partial charge in [-0.05, 0) is 55.0 Å². The first kappa shape index (κ1) is 18.2. The molecule has 1 unspecified atom stereocenters. The number of amides is 1. The lowest BCUT2D eigenvalue weighted by Gasteiger charge is -2.36. The summed E-state index contributed by atoms with van der Waals surface area (Å²) in [6.45, 7) is 3.81. The second-order valence-electron chi connectivity index (χ2n) is 7.80. The zero-order valence-corrected chi connectivity index (χ0v) is 15.8. The van der Waals surface area contributed by atoms with Crippen LogP contribution < -0.4 is 0 Å². The lowest BCUT2D eigenvalue weighted by atomic mass is 9.87. The number of hydrogen-bond acceptors (Lipinski definition) is 3. The van der Waals surface area contributed by atoms with Crippen molar-refractivity contribution >= 4 is 5.91 Å². The van der Waals surface area contributed by atoms with Crippen LogP contribution in [-0.2, 0) is 17.8 Å². The third-order valence-corrected chi connectivity index (χ3v) is 6.06. The van der Waals surface area contributed by atoms with Gasteiger partial charge in [-0.25, -0.2) is 0 Å². The number of nitrogens with zero attached hydrogens (tertiary/aromatic N) is 2. The van der Waals surface area contributed by atoms with Crippen molar-refractivity contribution in [1.29, 1.82) is 0 Å². The lowest BCUT2D eigenvalue weighted by Crippen LogP contribution is -2.45. The Bertz CT molecular complexity index is 769. The number of likely N-dealkylation sites (tertiary alicyclic amines) is 1. The van der Waals surface area contributed by atoms with Crippen LogP contribution in [0, 0.1) is 5.92 Å². The van der Waals surface area contributed by atoms with Crippen molar-refractivity contribution in [1.82, 2.24) is 9.80 Å². The van der Waals surface area contributed by atoms with Crippen molar-refractivity contribution in [3.8, 4) is 0 Å². The molecule has 1 N–H and O–H groups in total. The van der Waals surface area contributed by atoms with E-state index < -0.39 is 6.10 Å². The maximum Gasteiger partial charge on any atom is 0.237 e. The van der Waals surface area contributed by atoms with Crippen LogP contribution in [0.4, 0.5) is 0 Å². The van der Waals surface area contributed by atoms with Crippen LogP contribution in [-0.4, -0.2) is 47.0 Å². The van der Waals surface area contributed by atoms with Crippen molar-refractivity contribution in [3.63, 3.8) is 0 Å². The van der Waals surface area contributed by atoms with Gasteiger partial charge < -0.3 is 10.0 Å². The van der Waals surface area contributed by atoms with Gasteiger partial charge in [-0.2, -0.15) is 0 Å². The maximum atomic E-state index is 12.7. The zero-order valence-electron chi connectivity index (χ0n) is 15.8. The highest BCUT2D eigenvalue weighted by Gasteiger charge is 2.28. The first-order valence-corrected chi connectivity index (χ1v) is 10.0. The number of fused-ring (bicyclic) bond motifs is 1.